The van der Waals surface area contributed by atoms with Crippen LogP contribution in [0.4, 0.5) is 5.69 Å². The molecule has 1 aromatic rings. The number of amides is 1. The minimum Gasteiger partial charge on any atom is -0.396 e. The van der Waals surface area contributed by atoms with Gasteiger partial charge in [-0.15, -0.1) is 0 Å². The molecule has 1 unspecified atom stereocenters. The largest absolute Gasteiger partial charge is 0.396 e. The molecular formula is C13H16Cl2N2OS. The summed E-state index contributed by atoms with van der Waals surface area (Å²) in [6.07, 6.45) is 2.33. The van der Waals surface area contributed by atoms with Crippen LogP contribution in [0.1, 0.15) is 30.1 Å². The summed E-state index contributed by atoms with van der Waals surface area (Å²) in [7, 11) is 0. The van der Waals surface area contributed by atoms with Crippen molar-refractivity contribution in [3.63, 3.8) is 0 Å². The first-order chi connectivity index (χ1) is 8.91. The molecule has 104 valence electrons. The third-order valence-corrected chi connectivity index (χ3v) is 5.43. The van der Waals surface area contributed by atoms with E-state index in [0.717, 1.165) is 12.2 Å². The minimum atomic E-state index is -0.169. The molecule has 1 saturated heterocycles. The molecule has 0 aliphatic carbocycles. The van der Waals surface area contributed by atoms with Crippen LogP contribution < -0.4 is 11.1 Å². The van der Waals surface area contributed by atoms with E-state index in [9.17, 15) is 4.79 Å². The molecule has 1 aliphatic rings. The van der Waals surface area contributed by atoms with E-state index in [0.29, 0.717) is 27.8 Å². The van der Waals surface area contributed by atoms with Crippen LogP contribution in [0.5, 0.6) is 0 Å². The van der Waals surface area contributed by atoms with Crippen LogP contribution in [0.15, 0.2) is 12.1 Å². The van der Waals surface area contributed by atoms with Gasteiger partial charge >= 0.3 is 0 Å². The van der Waals surface area contributed by atoms with Crippen LogP contribution in [-0.2, 0) is 0 Å². The Labute approximate surface area is 127 Å². The van der Waals surface area contributed by atoms with Crippen LogP contribution in [0, 0.1) is 0 Å². The molecule has 0 spiro atoms. The zero-order valence-corrected chi connectivity index (χ0v) is 13.0. The summed E-state index contributed by atoms with van der Waals surface area (Å²) >= 11 is 13.8. The van der Waals surface area contributed by atoms with Crippen molar-refractivity contribution < 1.29 is 4.79 Å². The minimum absolute atomic E-state index is 0.136. The standard InChI is InChI=1S/C13H16Cl2N2OS/c1-13(3-2-4-19-13)7-17-12(18)8-5-9(14)11(16)10(15)6-8/h5-6H,2-4,7,16H2,1H3,(H,17,18). The molecule has 0 radical (unpaired) electrons. The summed E-state index contributed by atoms with van der Waals surface area (Å²) in [4.78, 5) is 12.1. The van der Waals surface area contributed by atoms with E-state index >= 15 is 0 Å². The van der Waals surface area contributed by atoms with E-state index in [1.165, 1.54) is 6.42 Å². The van der Waals surface area contributed by atoms with Gasteiger partial charge in [-0.25, -0.2) is 0 Å². The fourth-order valence-corrected chi connectivity index (χ4v) is 3.79. The predicted octanol–water partition coefficient (Wildman–Crippen LogP) is 3.59. The van der Waals surface area contributed by atoms with Gasteiger partial charge in [0.1, 0.15) is 0 Å². The Morgan fingerprint density at radius 1 is 1.47 bits per heavy atom. The fourth-order valence-electron chi connectivity index (χ4n) is 2.06. The number of rotatable bonds is 3. The molecule has 0 bridgehead atoms. The van der Waals surface area contributed by atoms with Crippen LogP contribution in [0.3, 0.4) is 0 Å². The Bertz CT molecular complexity index is 478. The highest BCUT2D eigenvalue weighted by Crippen LogP contribution is 2.37. The van der Waals surface area contributed by atoms with E-state index in [-0.39, 0.29) is 10.7 Å². The molecule has 1 fully saturated rings. The van der Waals surface area contributed by atoms with Gasteiger partial charge in [-0.1, -0.05) is 23.2 Å². The first kappa shape index (κ1) is 14.8. The molecule has 19 heavy (non-hydrogen) atoms. The van der Waals surface area contributed by atoms with Crippen molar-refractivity contribution in [1.29, 1.82) is 0 Å². The summed E-state index contributed by atoms with van der Waals surface area (Å²) < 4.78 is 0.136. The topological polar surface area (TPSA) is 55.1 Å². The maximum absolute atomic E-state index is 12.1. The lowest BCUT2D eigenvalue weighted by Crippen LogP contribution is -2.36. The first-order valence-corrected chi connectivity index (χ1v) is 7.82. The lowest BCUT2D eigenvalue weighted by Gasteiger charge is -2.22. The van der Waals surface area contributed by atoms with E-state index in [1.807, 2.05) is 11.8 Å². The lowest BCUT2D eigenvalue weighted by atomic mass is 10.1. The highest BCUT2D eigenvalue weighted by Gasteiger charge is 2.29. The summed E-state index contributed by atoms with van der Waals surface area (Å²) in [5.74, 6) is 0.990. The van der Waals surface area contributed by atoms with Crippen molar-refractivity contribution in [2.24, 2.45) is 0 Å². The fraction of sp³-hybridized carbons (Fsp3) is 0.462. The zero-order valence-electron chi connectivity index (χ0n) is 10.6. The van der Waals surface area contributed by atoms with Crippen molar-refractivity contribution in [2.75, 3.05) is 18.0 Å². The van der Waals surface area contributed by atoms with E-state index in [2.05, 4.69) is 12.2 Å². The Hall–Kier alpha value is -0.580. The van der Waals surface area contributed by atoms with Crippen LogP contribution >= 0.6 is 35.0 Å². The Balaban J connectivity index is 2.04. The number of thioether (sulfide) groups is 1. The van der Waals surface area contributed by atoms with Crippen molar-refractivity contribution in [2.45, 2.75) is 24.5 Å². The number of anilines is 1. The average molecular weight is 319 g/mol. The Morgan fingerprint density at radius 3 is 2.63 bits per heavy atom. The number of nitrogen functional groups attached to an aromatic ring is 1. The molecular weight excluding hydrogens is 303 g/mol. The van der Waals surface area contributed by atoms with Gasteiger partial charge in [0.05, 0.1) is 15.7 Å². The number of nitrogens with two attached hydrogens (primary N) is 1. The van der Waals surface area contributed by atoms with E-state index in [1.54, 1.807) is 12.1 Å². The molecule has 1 aliphatic heterocycles. The van der Waals surface area contributed by atoms with Gasteiger partial charge < -0.3 is 11.1 Å². The predicted molar refractivity (Wildman–Crippen MR) is 83.3 cm³/mol. The smallest absolute Gasteiger partial charge is 0.251 e. The molecule has 1 amide bonds. The summed E-state index contributed by atoms with van der Waals surface area (Å²) in [5, 5.41) is 3.55. The number of hydrogen-bond acceptors (Lipinski definition) is 3. The number of hydrogen-bond donors (Lipinski definition) is 2. The van der Waals surface area contributed by atoms with Crippen molar-refractivity contribution in [3.05, 3.63) is 27.7 Å². The third kappa shape index (κ3) is 3.50. The maximum Gasteiger partial charge on any atom is 0.251 e. The Kier molecular flexibility index (Phi) is 4.54. The van der Waals surface area contributed by atoms with Crippen LogP contribution in [0.25, 0.3) is 0 Å². The number of carbonyl (C=O) groups is 1. The monoisotopic (exact) mass is 318 g/mol. The van der Waals surface area contributed by atoms with Gasteiger partial charge in [0.15, 0.2) is 0 Å². The van der Waals surface area contributed by atoms with Gasteiger partial charge in [-0.3, -0.25) is 4.79 Å². The number of nitrogens with one attached hydrogen (secondary N) is 1. The molecule has 2 rings (SSSR count). The van der Waals surface area contributed by atoms with Gasteiger partial charge in [-0.2, -0.15) is 11.8 Å². The third-order valence-electron chi connectivity index (χ3n) is 3.26. The van der Waals surface area contributed by atoms with E-state index < -0.39 is 0 Å². The van der Waals surface area contributed by atoms with Gasteiger partial charge in [0, 0.05) is 16.9 Å². The van der Waals surface area contributed by atoms with Crippen molar-refractivity contribution in [1.82, 2.24) is 5.32 Å². The zero-order chi connectivity index (χ0) is 14.0. The highest BCUT2D eigenvalue weighted by atomic mass is 35.5. The van der Waals surface area contributed by atoms with Gasteiger partial charge in [0.25, 0.3) is 5.91 Å². The van der Waals surface area contributed by atoms with E-state index in [4.69, 9.17) is 28.9 Å². The number of halogens is 2. The lowest BCUT2D eigenvalue weighted by molar-refractivity contribution is 0.0950. The van der Waals surface area contributed by atoms with Gasteiger partial charge in [-0.05, 0) is 37.7 Å². The number of carbonyl (C=O) groups excluding carboxylic acids is 1. The molecule has 3 N–H and O–H groups in total. The quantitative estimate of drug-likeness (QED) is 0.837. The van der Waals surface area contributed by atoms with Crippen molar-refractivity contribution in [3.8, 4) is 0 Å². The SMILES string of the molecule is CC1(CNC(=O)c2cc(Cl)c(N)c(Cl)c2)CCCS1. The molecule has 0 aromatic heterocycles. The normalized spacial score (nSPS) is 22.5. The second-order valence-corrected chi connectivity index (χ2v) is 7.44. The number of benzene rings is 1. The second-order valence-electron chi connectivity index (χ2n) is 4.94. The first-order valence-electron chi connectivity index (χ1n) is 6.08. The molecule has 1 atom stereocenters. The second kappa shape index (κ2) is 5.81. The molecule has 1 aromatic carbocycles. The molecule has 6 heteroatoms. The summed E-state index contributed by atoms with van der Waals surface area (Å²) in [6, 6.07) is 3.09. The van der Waals surface area contributed by atoms with Crippen LogP contribution in [0.2, 0.25) is 10.0 Å². The molecule has 1 heterocycles. The van der Waals surface area contributed by atoms with Crippen LogP contribution in [-0.4, -0.2) is 23.0 Å². The van der Waals surface area contributed by atoms with Crippen molar-refractivity contribution >= 4 is 46.6 Å². The Morgan fingerprint density at radius 2 is 2.11 bits per heavy atom. The highest BCUT2D eigenvalue weighted by molar-refractivity contribution is 8.00. The average Bonchev–Trinajstić information content (AvgIpc) is 2.80. The summed E-state index contributed by atoms with van der Waals surface area (Å²) in [6.45, 7) is 2.82. The summed E-state index contributed by atoms with van der Waals surface area (Å²) in [5.41, 5.74) is 6.39. The van der Waals surface area contributed by atoms with Gasteiger partial charge in [0.2, 0.25) is 0 Å². The maximum atomic E-state index is 12.1. The molecule has 3 nitrogen and oxygen atoms in total. The molecule has 0 saturated carbocycles.